The second-order valence-corrected chi connectivity index (χ2v) is 21.6. The monoisotopic (exact) mass is 928 g/mol. The summed E-state index contributed by atoms with van der Waals surface area (Å²) in [4.78, 5) is 18.1. The quantitative estimate of drug-likeness (QED) is 0.0597. The fourth-order valence-electron chi connectivity index (χ4n) is 11.6. The van der Waals surface area contributed by atoms with Crippen molar-refractivity contribution in [1.29, 1.82) is 0 Å². The molecule has 9 N–H and O–H groups in total. The third-order valence-corrected chi connectivity index (χ3v) is 17.5. The molecule has 2 heterocycles. The summed E-state index contributed by atoms with van der Waals surface area (Å²) in [5, 5.41) is 69.0. The Labute approximate surface area is 394 Å². The van der Waals surface area contributed by atoms with E-state index >= 15 is 0 Å². The van der Waals surface area contributed by atoms with Crippen LogP contribution in [0.4, 0.5) is 0 Å². The Balaban J connectivity index is 1.11. The van der Waals surface area contributed by atoms with Gasteiger partial charge in [0, 0.05) is 53.0 Å². The SMILES string of the molecule is NC(N)c1cc2c3cc1CSSCC14CC5C=CC1(O)CC(C=CC(=O)CCc1ccc(O)c(c1)OCCc1ccc(O)c(c1)C3CC([O-])=C1C=CN=C1CC#C2)(C4)C5CCCC(O)CO. The lowest BCUT2D eigenvalue weighted by molar-refractivity contribution is -0.307. The van der Waals surface area contributed by atoms with E-state index in [9.17, 15) is 35.4 Å². The molecule has 2 fully saturated rings. The van der Waals surface area contributed by atoms with Crippen molar-refractivity contribution in [1.82, 2.24) is 0 Å². The molecular formula is C53H58N3O8S2-. The molecule has 4 aliphatic carbocycles. The Bertz CT molecular complexity index is 2610. The van der Waals surface area contributed by atoms with E-state index in [1.165, 1.54) is 0 Å². The Morgan fingerprint density at radius 1 is 0.970 bits per heavy atom. The molecule has 2 aliphatic heterocycles. The lowest BCUT2D eigenvalue weighted by Gasteiger charge is -2.51. The average Bonchev–Trinajstić information content (AvgIpc) is 3.83. The number of phenolic OH excluding ortho intramolecular Hbond substituents is 2. The van der Waals surface area contributed by atoms with Crippen LogP contribution in [0.5, 0.6) is 17.2 Å². The van der Waals surface area contributed by atoms with Gasteiger partial charge in [-0.05, 0) is 132 Å². The van der Waals surface area contributed by atoms with Crippen LogP contribution in [0.1, 0.15) is 109 Å². The molecule has 7 unspecified atom stereocenters. The van der Waals surface area contributed by atoms with Crippen LogP contribution < -0.4 is 21.3 Å². The number of carbonyl (C=O) groups is 1. The van der Waals surface area contributed by atoms with E-state index < -0.39 is 34.6 Å². The van der Waals surface area contributed by atoms with E-state index in [-0.39, 0.29) is 60.9 Å². The number of fused-ring (bicyclic) bond motifs is 8. The highest BCUT2D eigenvalue weighted by molar-refractivity contribution is 8.76. The first-order valence-electron chi connectivity index (χ1n) is 23.0. The predicted octanol–water partition coefficient (Wildman–Crippen LogP) is 6.68. The zero-order valence-electron chi connectivity index (χ0n) is 37.0. The van der Waals surface area contributed by atoms with Crippen molar-refractivity contribution in [3.8, 4) is 29.1 Å². The molecule has 11 nitrogen and oxygen atoms in total. The average molecular weight is 929 g/mol. The zero-order valence-corrected chi connectivity index (χ0v) is 38.6. The van der Waals surface area contributed by atoms with Crippen LogP contribution in [0.15, 0.2) is 101 Å². The Morgan fingerprint density at radius 3 is 2.61 bits per heavy atom. The second-order valence-electron chi connectivity index (χ2n) is 19.1. The Kier molecular flexibility index (Phi) is 13.4. The van der Waals surface area contributed by atoms with Crippen molar-refractivity contribution in [3.63, 3.8) is 0 Å². The van der Waals surface area contributed by atoms with Crippen LogP contribution in [0.25, 0.3) is 0 Å². The molecule has 9 rings (SSSR count). The van der Waals surface area contributed by atoms with Crippen molar-refractivity contribution in [2.45, 2.75) is 100 Å². The summed E-state index contributed by atoms with van der Waals surface area (Å²) in [5.41, 5.74) is 17.4. The molecule has 9 bridgehead atoms. The highest BCUT2D eigenvalue weighted by Gasteiger charge is 2.68. The predicted molar refractivity (Wildman–Crippen MR) is 257 cm³/mol. The lowest BCUT2D eigenvalue weighted by Crippen LogP contribution is -2.49. The third-order valence-electron chi connectivity index (χ3n) is 15.0. The lowest BCUT2D eigenvalue weighted by atomic mass is 9.55. The van der Waals surface area contributed by atoms with Gasteiger partial charge in [-0.2, -0.15) is 0 Å². The van der Waals surface area contributed by atoms with Gasteiger partial charge in [0.25, 0.3) is 0 Å². The van der Waals surface area contributed by atoms with Crippen LogP contribution >= 0.6 is 21.6 Å². The Hall–Kier alpha value is -4.78. The first-order chi connectivity index (χ1) is 31.8. The second kappa shape index (κ2) is 19.1. The first-order valence-corrected chi connectivity index (χ1v) is 25.5. The minimum Gasteiger partial charge on any atom is -0.875 e. The summed E-state index contributed by atoms with van der Waals surface area (Å²) in [6.45, 7) is -0.0799. The maximum atomic E-state index is 14.2. The molecular weight excluding hydrogens is 871 g/mol. The number of ketones is 1. The van der Waals surface area contributed by atoms with Crippen LogP contribution in [0.3, 0.4) is 0 Å². The highest BCUT2D eigenvalue weighted by atomic mass is 33.1. The molecule has 6 aliphatic rings. The number of benzene rings is 3. The fourth-order valence-corrected chi connectivity index (χ4v) is 14.4. The maximum absolute atomic E-state index is 14.2. The van der Waals surface area contributed by atoms with Gasteiger partial charge in [0.15, 0.2) is 17.3 Å². The molecule has 3 aromatic carbocycles. The van der Waals surface area contributed by atoms with Crippen molar-refractivity contribution < 1.29 is 40.2 Å². The third kappa shape index (κ3) is 9.14. The largest absolute Gasteiger partial charge is 0.875 e. The van der Waals surface area contributed by atoms with Gasteiger partial charge in [-0.25, -0.2) is 0 Å². The standard InChI is InChI=1S/C53H59N3O8S2/c54-50(55)41-23-34-3-1-6-45-39(15-19-56-45)48(62)25-42-40(34)24-36(41)28-65-66-31-52-26-35-13-18-53(52,63)30-51(29-52,44(35)5-2-4-38(59)27-57)17-14-37(58)10-7-32-9-12-47(61)49(22-32)64-20-16-33-8-11-46(60)43(42)21-33/h8-9,11-15,17-19,21-24,35,38,42,44,50,57,59-63H,2,4-7,10,16,20,25-31,54-55H2/p-1. The number of allylic oxidation sites excluding steroid dienone is 6. The molecule has 13 heteroatoms. The van der Waals surface area contributed by atoms with Crippen LogP contribution in [-0.2, 0) is 23.4 Å². The molecule has 2 saturated carbocycles. The number of rotatable bonds is 6. The number of aliphatic hydroxyl groups excluding tert-OH is 2. The first kappa shape index (κ1) is 46.3. The highest BCUT2D eigenvalue weighted by Crippen LogP contribution is 2.71. The van der Waals surface area contributed by atoms with Gasteiger partial charge in [0.2, 0.25) is 0 Å². The molecule has 7 atom stereocenters. The summed E-state index contributed by atoms with van der Waals surface area (Å²) >= 11 is 0. The molecule has 0 aromatic heterocycles. The molecule has 3 aromatic rings. The van der Waals surface area contributed by atoms with Gasteiger partial charge in [-0.3, -0.25) is 9.79 Å². The van der Waals surface area contributed by atoms with Gasteiger partial charge >= 0.3 is 0 Å². The van der Waals surface area contributed by atoms with Crippen molar-refractivity contribution in [2.24, 2.45) is 39.1 Å². The van der Waals surface area contributed by atoms with Crippen LogP contribution in [0, 0.1) is 34.5 Å². The number of aryl methyl sites for hydroxylation is 1. The minimum atomic E-state index is -1.09. The summed E-state index contributed by atoms with van der Waals surface area (Å²) < 4.78 is 6.15. The van der Waals surface area contributed by atoms with E-state index in [0.717, 1.165) is 40.7 Å². The number of carbonyl (C=O) groups excluding carboxylic acids is 1. The number of aliphatic imine (C=N–C) groups is 1. The molecule has 346 valence electrons. The summed E-state index contributed by atoms with van der Waals surface area (Å²) in [5.74, 6) is 7.68. The Morgan fingerprint density at radius 2 is 1.79 bits per heavy atom. The van der Waals surface area contributed by atoms with Crippen molar-refractivity contribution in [2.75, 3.05) is 19.0 Å². The molecule has 1 spiro atoms. The van der Waals surface area contributed by atoms with Gasteiger partial charge in [0.05, 0.1) is 43.2 Å². The summed E-state index contributed by atoms with van der Waals surface area (Å²) in [7, 11) is 3.37. The number of aliphatic hydroxyl groups is 3. The number of nitrogens with two attached hydrogens (primary N) is 2. The van der Waals surface area contributed by atoms with Crippen molar-refractivity contribution in [3.05, 3.63) is 135 Å². The van der Waals surface area contributed by atoms with Crippen LogP contribution in [0.2, 0.25) is 0 Å². The number of ether oxygens (including phenoxy) is 1. The minimum absolute atomic E-state index is 0.0173. The summed E-state index contributed by atoms with van der Waals surface area (Å²) in [6, 6.07) is 14.5. The van der Waals surface area contributed by atoms with E-state index in [4.69, 9.17) is 16.2 Å². The van der Waals surface area contributed by atoms with E-state index in [1.807, 2.05) is 30.3 Å². The van der Waals surface area contributed by atoms with E-state index in [2.05, 4.69) is 29.0 Å². The number of hydrogen-bond donors (Lipinski definition) is 7. The summed E-state index contributed by atoms with van der Waals surface area (Å²) in [6.07, 6.45) is 15.2. The molecule has 0 amide bonds. The van der Waals surface area contributed by atoms with E-state index in [1.54, 1.807) is 64.2 Å². The normalized spacial score (nSPS) is 28.7. The van der Waals surface area contributed by atoms with Gasteiger partial charge in [-0.1, -0.05) is 82.3 Å². The fraction of sp³-hybridized carbons (Fsp3) is 0.434. The number of phenols is 2. The van der Waals surface area contributed by atoms with Gasteiger partial charge in [-0.15, -0.1) is 5.76 Å². The number of hydrogen-bond acceptors (Lipinski definition) is 13. The van der Waals surface area contributed by atoms with Gasteiger partial charge in [0.1, 0.15) is 5.75 Å². The number of aromatic hydroxyl groups is 2. The van der Waals surface area contributed by atoms with Gasteiger partial charge < -0.3 is 46.8 Å². The van der Waals surface area contributed by atoms with E-state index in [0.29, 0.717) is 84.6 Å². The number of nitrogens with zero attached hydrogens (tertiary/aromatic N) is 1. The maximum Gasteiger partial charge on any atom is 0.161 e. The van der Waals surface area contributed by atoms with Crippen LogP contribution in [-0.4, -0.2) is 67.7 Å². The zero-order chi connectivity index (χ0) is 46.2. The smallest absolute Gasteiger partial charge is 0.161 e. The molecule has 0 radical (unpaired) electrons. The topological polar surface area (TPSA) is 215 Å². The van der Waals surface area contributed by atoms with Crippen molar-refractivity contribution >= 4 is 33.1 Å². The molecule has 66 heavy (non-hydrogen) atoms. The molecule has 0 saturated heterocycles.